The minimum Gasteiger partial charge on any atom is -0.361 e. The van der Waals surface area contributed by atoms with E-state index < -0.39 is 0 Å². The summed E-state index contributed by atoms with van der Waals surface area (Å²) in [6, 6.07) is 0. The quantitative estimate of drug-likeness (QED) is 0.685. The highest BCUT2D eigenvalue weighted by Gasteiger charge is 2.41. The van der Waals surface area contributed by atoms with Crippen molar-refractivity contribution in [1.82, 2.24) is 5.16 Å². The molecule has 15 heavy (non-hydrogen) atoms. The van der Waals surface area contributed by atoms with E-state index in [0.717, 1.165) is 24.3 Å². The fourth-order valence-corrected chi connectivity index (χ4v) is 3.31. The van der Waals surface area contributed by atoms with Crippen molar-refractivity contribution in [2.75, 3.05) is 0 Å². The molecule has 0 aromatic carbocycles. The largest absolute Gasteiger partial charge is 0.361 e. The number of fused-ring (bicyclic) bond motifs is 1. The molecule has 1 heterocycles. The molecule has 0 atom stereocenters. The smallest absolute Gasteiger partial charge is 0.141 e. The summed E-state index contributed by atoms with van der Waals surface area (Å²) in [6.45, 7) is 9.06. The van der Waals surface area contributed by atoms with Gasteiger partial charge in [0.25, 0.3) is 0 Å². The second-order valence-corrected chi connectivity index (χ2v) is 6.23. The van der Waals surface area contributed by atoms with Gasteiger partial charge in [-0.3, -0.25) is 0 Å². The topological polar surface area (TPSA) is 26.0 Å². The third kappa shape index (κ3) is 1.80. The molecule has 1 aliphatic carbocycles. The first-order valence-electron chi connectivity index (χ1n) is 5.40. The number of halogens is 1. The minimum atomic E-state index is 0.126. The summed E-state index contributed by atoms with van der Waals surface area (Å²) in [6.07, 6.45) is 2.12. The Labute approximate surface area is 96.0 Å². The maximum absolute atomic E-state index is 5.88. The van der Waals surface area contributed by atoms with Gasteiger partial charge in [-0.05, 0) is 17.3 Å². The van der Waals surface area contributed by atoms with Crippen LogP contribution in [0.15, 0.2) is 4.52 Å². The highest BCUT2D eigenvalue weighted by Crippen LogP contribution is 2.46. The Kier molecular flexibility index (Phi) is 2.38. The van der Waals surface area contributed by atoms with Crippen LogP contribution in [0.2, 0.25) is 0 Å². The van der Waals surface area contributed by atoms with Gasteiger partial charge in [0.1, 0.15) is 11.5 Å². The van der Waals surface area contributed by atoms with Crippen molar-refractivity contribution in [2.45, 2.75) is 51.8 Å². The van der Waals surface area contributed by atoms with Crippen molar-refractivity contribution >= 4 is 11.6 Å². The zero-order chi connectivity index (χ0) is 11.3. The van der Waals surface area contributed by atoms with Gasteiger partial charge in [0.2, 0.25) is 0 Å². The van der Waals surface area contributed by atoms with Crippen LogP contribution in [0, 0.1) is 5.41 Å². The maximum atomic E-state index is 5.88. The SMILES string of the molecule is CC1(C)Cc2onc(CCl)c2C(C)(C)C1. The summed E-state index contributed by atoms with van der Waals surface area (Å²) in [5.41, 5.74) is 2.59. The summed E-state index contributed by atoms with van der Waals surface area (Å²) in [5, 5.41) is 4.07. The second kappa shape index (κ2) is 3.24. The van der Waals surface area contributed by atoms with E-state index in [9.17, 15) is 0 Å². The van der Waals surface area contributed by atoms with Crippen molar-refractivity contribution < 1.29 is 4.52 Å². The molecule has 1 aromatic heterocycles. The molecule has 1 aliphatic rings. The molecule has 84 valence electrons. The van der Waals surface area contributed by atoms with E-state index in [1.165, 1.54) is 5.56 Å². The Bertz CT molecular complexity index is 379. The van der Waals surface area contributed by atoms with E-state index in [2.05, 4.69) is 32.9 Å². The number of hydrogen-bond donors (Lipinski definition) is 0. The van der Waals surface area contributed by atoms with Gasteiger partial charge < -0.3 is 4.52 Å². The monoisotopic (exact) mass is 227 g/mol. The Morgan fingerprint density at radius 1 is 1.33 bits per heavy atom. The standard InChI is InChI=1S/C12H18ClNO/c1-11(2)5-9-10(12(3,4)7-11)8(6-13)14-15-9/h5-7H2,1-4H3. The van der Waals surface area contributed by atoms with E-state index in [1.807, 2.05) is 0 Å². The molecule has 1 aromatic rings. The third-order valence-electron chi connectivity index (χ3n) is 3.20. The molecule has 0 fully saturated rings. The Balaban J connectivity index is 2.53. The van der Waals surface area contributed by atoms with Crippen LogP contribution in [-0.4, -0.2) is 5.16 Å². The van der Waals surface area contributed by atoms with Crippen molar-refractivity contribution in [1.29, 1.82) is 0 Å². The zero-order valence-corrected chi connectivity index (χ0v) is 10.6. The molecule has 0 N–H and O–H groups in total. The van der Waals surface area contributed by atoms with Gasteiger partial charge in [0.05, 0.1) is 5.88 Å². The number of aromatic nitrogens is 1. The summed E-state index contributed by atoms with van der Waals surface area (Å²) in [4.78, 5) is 0. The molecule has 2 rings (SSSR count). The van der Waals surface area contributed by atoms with Gasteiger partial charge in [-0.1, -0.05) is 32.9 Å². The summed E-state index contributed by atoms with van der Waals surface area (Å²) in [7, 11) is 0. The van der Waals surface area contributed by atoms with Gasteiger partial charge in [-0.25, -0.2) is 0 Å². The third-order valence-corrected chi connectivity index (χ3v) is 3.45. The fourth-order valence-electron chi connectivity index (χ4n) is 3.12. The highest BCUT2D eigenvalue weighted by atomic mass is 35.5. The highest BCUT2D eigenvalue weighted by molar-refractivity contribution is 6.17. The predicted octanol–water partition coefficient (Wildman–Crippen LogP) is 3.66. The second-order valence-electron chi connectivity index (χ2n) is 5.96. The Hall–Kier alpha value is -0.500. The minimum absolute atomic E-state index is 0.126. The Morgan fingerprint density at radius 3 is 2.60 bits per heavy atom. The number of alkyl halides is 1. The van der Waals surface area contributed by atoms with E-state index in [-0.39, 0.29) is 5.41 Å². The summed E-state index contributed by atoms with van der Waals surface area (Å²) < 4.78 is 5.41. The molecular formula is C12H18ClNO. The molecule has 2 nitrogen and oxygen atoms in total. The van der Waals surface area contributed by atoms with Gasteiger partial charge in [-0.15, -0.1) is 11.6 Å². The van der Waals surface area contributed by atoms with Crippen molar-refractivity contribution in [3.8, 4) is 0 Å². The average molecular weight is 228 g/mol. The number of hydrogen-bond acceptors (Lipinski definition) is 2. The normalized spacial score (nSPS) is 22.5. The lowest BCUT2D eigenvalue weighted by Crippen LogP contribution is -2.34. The van der Waals surface area contributed by atoms with E-state index in [0.29, 0.717) is 11.3 Å². The number of rotatable bonds is 1. The van der Waals surface area contributed by atoms with Crippen LogP contribution in [-0.2, 0) is 17.7 Å². The molecule has 0 bridgehead atoms. The van der Waals surface area contributed by atoms with Crippen molar-refractivity contribution in [2.24, 2.45) is 5.41 Å². The molecule has 0 amide bonds. The van der Waals surface area contributed by atoms with Crippen molar-refractivity contribution in [3.05, 3.63) is 17.0 Å². The van der Waals surface area contributed by atoms with Crippen LogP contribution in [0.5, 0.6) is 0 Å². The van der Waals surface area contributed by atoms with Crippen LogP contribution < -0.4 is 0 Å². The first-order valence-corrected chi connectivity index (χ1v) is 5.93. The molecule has 3 heteroatoms. The summed E-state index contributed by atoms with van der Waals surface area (Å²) in [5.74, 6) is 1.48. The first-order chi connectivity index (χ1) is 6.86. The van der Waals surface area contributed by atoms with E-state index >= 15 is 0 Å². The van der Waals surface area contributed by atoms with Crippen LogP contribution in [0.4, 0.5) is 0 Å². The lowest BCUT2D eigenvalue weighted by atomic mass is 9.64. The van der Waals surface area contributed by atoms with Crippen LogP contribution >= 0.6 is 11.6 Å². The molecule has 0 spiro atoms. The molecule has 0 unspecified atom stereocenters. The molecular weight excluding hydrogens is 210 g/mol. The van der Waals surface area contributed by atoms with Crippen LogP contribution in [0.25, 0.3) is 0 Å². The van der Waals surface area contributed by atoms with Gasteiger partial charge in [0, 0.05) is 12.0 Å². The van der Waals surface area contributed by atoms with Crippen LogP contribution in [0.3, 0.4) is 0 Å². The lowest BCUT2D eigenvalue weighted by Gasteiger charge is -2.39. The zero-order valence-electron chi connectivity index (χ0n) is 9.85. The molecule has 0 saturated heterocycles. The molecule has 0 saturated carbocycles. The van der Waals surface area contributed by atoms with E-state index in [4.69, 9.17) is 16.1 Å². The fraction of sp³-hybridized carbons (Fsp3) is 0.750. The molecule has 0 aliphatic heterocycles. The lowest BCUT2D eigenvalue weighted by molar-refractivity contribution is 0.203. The maximum Gasteiger partial charge on any atom is 0.141 e. The van der Waals surface area contributed by atoms with Gasteiger partial charge in [0.15, 0.2) is 0 Å². The average Bonchev–Trinajstić information content (AvgIpc) is 2.43. The first kappa shape index (κ1) is 11.0. The number of nitrogens with zero attached hydrogens (tertiary/aromatic N) is 1. The molecule has 0 radical (unpaired) electrons. The van der Waals surface area contributed by atoms with Gasteiger partial charge >= 0.3 is 0 Å². The summed E-state index contributed by atoms with van der Waals surface area (Å²) >= 11 is 5.88. The van der Waals surface area contributed by atoms with Crippen molar-refractivity contribution in [3.63, 3.8) is 0 Å². The Morgan fingerprint density at radius 2 is 2.00 bits per heavy atom. The van der Waals surface area contributed by atoms with E-state index in [1.54, 1.807) is 0 Å². The predicted molar refractivity (Wildman–Crippen MR) is 61.2 cm³/mol. The van der Waals surface area contributed by atoms with Crippen LogP contribution in [0.1, 0.15) is 51.1 Å². The van der Waals surface area contributed by atoms with Gasteiger partial charge in [-0.2, -0.15) is 0 Å².